The van der Waals surface area contributed by atoms with Crippen LogP contribution in [0, 0.1) is 11.5 Å². The summed E-state index contributed by atoms with van der Waals surface area (Å²) in [6.45, 7) is 7.26. The molecule has 0 saturated carbocycles. The molecule has 5 nitrogen and oxygen atoms in total. The summed E-state index contributed by atoms with van der Waals surface area (Å²) in [6.07, 6.45) is 1.79. The van der Waals surface area contributed by atoms with Crippen LogP contribution in [0.1, 0.15) is 40.8 Å². The molecule has 0 aliphatic carbocycles. The third-order valence-electron chi connectivity index (χ3n) is 6.84. The Kier molecular flexibility index (Phi) is 10.8. The van der Waals surface area contributed by atoms with E-state index in [9.17, 15) is 8.42 Å². The van der Waals surface area contributed by atoms with E-state index >= 15 is 0 Å². The van der Waals surface area contributed by atoms with Crippen LogP contribution in [-0.4, -0.2) is 30.1 Å². The molecular weight excluding hydrogens is 557 g/mol. The molecule has 0 saturated heterocycles. The minimum Gasteiger partial charge on any atom is -0.497 e. The van der Waals surface area contributed by atoms with E-state index in [1.165, 1.54) is 5.56 Å². The molecule has 0 amide bonds. The average molecular weight is 597 g/mol. The number of hydrogen-bond acceptors (Lipinski definition) is 4. The molecule has 0 fully saturated rings. The van der Waals surface area contributed by atoms with Gasteiger partial charge >= 0.3 is 0 Å². The first kappa shape index (κ1) is 31.3. The highest BCUT2D eigenvalue weighted by atomic mass is 32.2. The van der Waals surface area contributed by atoms with Gasteiger partial charge in [0, 0.05) is 5.56 Å². The van der Waals surface area contributed by atoms with Crippen LogP contribution in [0.15, 0.2) is 114 Å². The molecule has 4 rings (SSSR count). The number of ether oxygens (including phenoxy) is 1. The smallest absolute Gasteiger partial charge is 0.241 e. The number of rotatable bonds is 12. The lowest BCUT2D eigenvalue weighted by molar-refractivity contribution is 0.414. The van der Waals surface area contributed by atoms with Gasteiger partial charge in [0.15, 0.2) is 0 Å². The average Bonchev–Trinajstić information content (AvgIpc) is 3.00. The van der Waals surface area contributed by atoms with Gasteiger partial charge in [-0.1, -0.05) is 98.4 Å². The van der Waals surface area contributed by atoms with Gasteiger partial charge in [0.05, 0.1) is 24.1 Å². The zero-order valence-electron chi connectivity index (χ0n) is 24.8. The highest BCUT2D eigenvalue weighted by molar-refractivity contribution is 7.89. The Bertz CT molecular complexity index is 1570. The van der Waals surface area contributed by atoms with Crippen molar-refractivity contribution in [1.29, 1.82) is 0 Å². The van der Waals surface area contributed by atoms with Gasteiger partial charge in [0.1, 0.15) is 13.8 Å². The maximum Gasteiger partial charge on any atom is 0.241 e. The van der Waals surface area contributed by atoms with Gasteiger partial charge in [-0.3, -0.25) is 0 Å². The van der Waals surface area contributed by atoms with E-state index in [1.54, 1.807) is 31.4 Å². The molecule has 0 heterocycles. The number of methoxy groups -OCH3 is 1. The maximum absolute atomic E-state index is 13.8. The van der Waals surface area contributed by atoms with Crippen molar-refractivity contribution in [2.75, 3.05) is 13.7 Å². The molecule has 42 heavy (non-hydrogen) atoms. The number of hydrogen-bond donors (Lipinski definition) is 2. The first-order valence-corrected chi connectivity index (χ1v) is 19.2. The normalized spacial score (nSPS) is 13.0. The quantitative estimate of drug-likeness (QED) is 0.106. The van der Waals surface area contributed by atoms with E-state index in [-0.39, 0.29) is 10.9 Å². The fourth-order valence-electron chi connectivity index (χ4n) is 4.63. The van der Waals surface area contributed by atoms with Gasteiger partial charge < -0.3 is 10.1 Å². The summed E-state index contributed by atoms with van der Waals surface area (Å²) in [7, 11) is -3.71. The molecule has 2 unspecified atom stereocenters. The molecular formula is C35H40N2O3SSi. The molecule has 4 aromatic rings. The van der Waals surface area contributed by atoms with E-state index in [1.807, 2.05) is 72.8 Å². The van der Waals surface area contributed by atoms with Crippen molar-refractivity contribution in [1.82, 2.24) is 10.0 Å². The minimum atomic E-state index is -3.84. The van der Waals surface area contributed by atoms with Gasteiger partial charge in [-0.2, -0.15) is 0 Å². The first-order valence-electron chi connectivity index (χ1n) is 14.3. The van der Waals surface area contributed by atoms with Crippen molar-refractivity contribution >= 4 is 18.1 Å². The summed E-state index contributed by atoms with van der Waals surface area (Å²) in [4.78, 5) is 0.216. The Balaban J connectivity index is 1.58. The molecule has 0 radical (unpaired) electrons. The zero-order chi connectivity index (χ0) is 30.0. The first-order chi connectivity index (χ1) is 20.1. The molecule has 4 aromatic carbocycles. The highest BCUT2D eigenvalue weighted by Crippen LogP contribution is 2.31. The van der Waals surface area contributed by atoms with Gasteiger partial charge in [-0.15, -0.1) is 5.54 Å². The second kappa shape index (κ2) is 14.5. The molecule has 2 N–H and O–H groups in total. The third-order valence-corrected chi connectivity index (χ3v) is 9.18. The van der Waals surface area contributed by atoms with Crippen LogP contribution < -0.4 is 14.8 Å². The van der Waals surface area contributed by atoms with E-state index in [0.717, 1.165) is 35.3 Å². The minimum absolute atomic E-state index is 0.216. The van der Waals surface area contributed by atoms with Crippen LogP contribution in [-0.2, 0) is 16.4 Å². The topological polar surface area (TPSA) is 67.4 Å². The number of nitrogens with one attached hydrogen (secondary N) is 2. The predicted octanol–water partition coefficient (Wildman–Crippen LogP) is 6.91. The summed E-state index contributed by atoms with van der Waals surface area (Å²) in [6, 6.07) is 33.9. The summed E-state index contributed by atoms with van der Waals surface area (Å²) >= 11 is 0. The number of aryl methyl sites for hydroxylation is 1. The summed E-state index contributed by atoms with van der Waals surface area (Å²) in [5.74, 6) is 4.04. The van der Waals surface area contributed by atoms with E-state index < -0.39 is 24.1 Å². The van der Waals surface area contributed by atoms with Crippen LogP contribution in [0.4, 0.5) is 0 Å². The predicted molar refractivity (Wildman–Crippen MR) is 175 cm³/mol. The molecule has 218 valence electrons. The second-order valence-corrected chi connectivity index (χ2v) is 17.8. The van der Waals surface area contributed by atoms with Crippen LogP contribution in [0.3, 0.4) is 0 Å². The van der Waals surface area contributed by atoms with Crippen molar-refractivity contribution in [2.45, 2.75) is 49.5 Å². The Hall–Kier alpha value is -3.67. The number of sulfonamides is 1. The van der Waals surface area contributed by atoms with Crippen LogP contribution in [0.5, 0.6) is 5.75 Å². The van der Waals surface area contributed by atoms with Crippen molar-refractivity contribution < 1.29 is 13.2 Å². The lowest BCUT2D eigenvalue weighted by Crippen LogP contribution is -2.39. The van der Waals surface area contributed by atoms with Crippen molar-refractivity contribution in [3.05, 3.63) is 131 Å². The van der Waals surface area contributed by atoms with Crippen molar-refractivity contribution in [3.63, 3.8) is 0 Å². The molecule has 0 bridgehead atoms. The highest BCUT2D eigenvalue weighted by Gasteiger charge is 2.29. The van der Waals surface area contributed by atoms with Gasteiger partial charge in [-0.25, -0.2) is 13.1 Å². The fraction of sp³-hybridized carbons (Fsp3) is 0.257. The number of benzene rings is 4. The van der Waals surface area contributed by atoms with Crippen LogP contribution in [0.25, 0.3) is 0 Å². The van der Waals surface area contributed by atoms with E-state index in [0.29, 0.717) is 6.54 Å². The zero-order valence-corrected chi connectivity index (χ0v) is 26.6. The standard InChI is InChI=1S/C35H40N2O3SSi/c1-40-32-21-17-28(18-22-32)12-11-26-36-34(30-13-7-5-8-14-30)35(31-15-9-6-10-16-31)37-41(38,39)33-23-19-29(20-24-33)25-27-42(2,3)4/h5-10,13-24,34-37H,11-12,26H2,1-4H3. The summed E-state index contributed by atoms with van der Waals surface area (Å²) in [5, 5.41) is 3.68. The van der Waals surface area contributed by atoms with Gasteiger partial charge in [-0.05, 0) is 72.5 Å². The van der Waals surface area contributed by atoms with Gasteiger partial charge in [0.25, 0.3) is 0 Å². The SMILES string of the molecule is COc1ccc(CCCNC(c2ccccc2)C(NS(=O)(=O)c2ccc(C#C[Si](C)(C)C)cc2)c2ccccc2)cc1. The fourth-order valence-corrected chi connectivity index (χ4v) is 6.39. The maximum atomic E-state index is 13.8. The third kappa shape index (κ3) is 9.17. The Morgan fingerprint density at radius 1 is 0.762 bits per heavy atom. The lowest BCUT2D eigenvalue weighted by atomic mass is 9.94. The molecule has 0 spiro atoms. The molecule has 0 aliphatic heterocycles. The Labute approximate surface area is 252 Å². The second-order valence-electron chi connectivity index (χ2n) is 11.3. The molecule has 7 heteroatoms. The van der Waals surface area contributed by atoms with Crippen molar-refractivity contribution in [3.8, 4) is 17.2 Å². The Morgan fingerprint density at radius 3 is 1.88 bits per heavy atom. The monoisotopic (exact) mass is 596 g/mol. The Morgan fingerprint density at radius 2 is 1.33 bits per heavy atom. The largest absolute Gasteiger partial charge is 0.497 e. The van der Waals surface area contributed by atoms with Crippen molar-refractivity contribution in [2.24, 2.45) is 0 Å². The van der Waals surface area contributed by atoms with E-state index in [4.69, 9.17) is 4.74 Å². The van der Waals surface area contributed by atoms with Crippen LogP contribution in [0.2, 0.25) is 19.6 Å². The molecule has 2 atom stereocenters. The lowest BCUT2D eigenvalue weighted by Gasteiger charge is -2.30. The summed E-state index contributed by atoms with van der Waals surface area (Å²) < 4.78 is 35.8. The van der Waals surface area contributed by atoms with Gasteiger partial charge in [0.2, 0.25) is 10.0 Å². The molecule has 0 aromatic heterocycles. The van der Waals surface area contributed by atoms with E-state index in [2.05, 4.69) is 53.3 Å². The van der Waals surface area contributed by atoms with Crippen LogP contribution >= 0.6 is 0 Å². The molecule has 0 aliphatic rings. The summed E-state index contributed by atoms with van der Waals surface area (Å²) in [5.41, 5.74) is 7.27.